The second-order valence-electron chi connectivity index (χ2n) is 2.19. The van der Waals surface area contributed by atoms with Crippen molar-refractivity contribution in [1.29, 1.82) is 0 Å². The molecule has 0 aliphatic carbocycles. The van der Waals surface area contributed by atoms with Crippen LogP contribution in [-0.4, -0.2) is 11.0 Å². The summed E-state index contributed by atoms with van der Waals surface area (Å²) in [6.07, 6.45) is 3.42. The molecule has 0 saturated carbocycles. The van der Waals surface area contributed by atoms with E-state index in [2.05, 4.69) is 4.98 Å². The molecule has 0 aromatic carbocycles. The van der Waals surface area contributed by atoms with Gasteiger partial charge in [0, 0.05) is 19.3 Å². The van der Waals surface area contributed by atoms with E-state index in [4.69, 9.17) is 4.18 Å². The van der Waals surface area contributed by atoms with Gasteiger partial charge in [0.2, 0.25) is 0 Å². The van der Waals surface area contributed by atoms with Crippen molar-refractivity contribution in [2.45, 2.75) is 12.7 Å². The molecule has 1 aromatic heterocycles. The number of pyridine rings is 1. The van der Waals surface area contributed by atoms with Gasteiger partial charge in [0.1, 0.15) is 0 Å². The molecule has 0 radical (unpaired) electrons. The summed E-state index contributed by atoms with van der Waals surface area (Å²) in [6.45, 7) is 1.39. The van der Waals surface area contributed by atoms with Crippen molar-refractivity contribution in [3.05, 3.63) is 30.1 Å². The lowest BCUT2D eigenvalue weighted by molar-refractivity contribution is -0.130. The first-order chi connectivity index (χ1) is 5.79. The van der Waals surface area contributed by atoms with E-state index in [9.17, 15) is 4.79 Å². The van der Waals surface area contributed by atoms with Gasteiger partial charge in [-0.3, -0.25) is 9.78 Å². The Hall–Kier alpha value is -1.03. The highest BCUT2D eigenvalue weighted by atomic mass is 32.2. The molecule has 0 saturated heterocycles. The van der Waals surface area contributed by atoms with Crippen LogP contribution < -0.4 is 0 Å². The molecule has 1 heterocycles. The number of carbonyl (C=O) groups excluding carboxylic acids is 1. The molecule has 3 nitrogen and oxygen atoms in total. The van der Waals surface area contributed by atoms with E-state index in [1.54, 1.807) is 12.4 Å². The van der Waals surface area contributed by atoms with Gasteiger partial charge in [-0.05, 0) is 17.7 Å². The van der Waals surface area contributed by atoms with Crippen molar-refractivity contribution in [2.75, 3.05) is 0 Å². The van der Waals surface area contributed by atoms with Crippen LogP contribution in [0.3, 0.4) is 0 Å². The molecule has 1 aromatic rings. The first-order valence-electron chi connectivity index (χ1n) is 3.48. The van der Waals surface area contributed by atoms with E-state index in [0.29, 0.717) is 5.75 Å². The number of rotatable bonds is 3. The molecule has 0 fully saturated rings. The number of hydrogen-bond acceptors (Lipinski definition) is 4. The Morgan fingerprint density at radius 2 is 2.25 bits per heavy atom. The maximum absolute atomic E-state index is 10.4. The third-order valence-corrected chi connectivity index (χ3v) is 1.95. The van der Waals surface area contributed by atoms with E-state index in [-0.39, 0.29) is 5.97 Å². The minimum Gasteiger partial charge on any atom is -0.391 e. The minimum absolute atomic E-state index is 0.269. The van der Waals surface area contributed by atoms with Crippen molar-refractivity contribution in [3.63, 3.8) is 0 Å². The molecule has 0 aliphatic heterocycles. The average Bonchev–Trinajstić information content (AvgIpc) is 2.05. The smallest absolute Gasteiger partial charge is 0.314 e. The van der Waals surface area contributed by atoms with Gasteiger partial charge in [-0.15, -0.1) is 0 Å². The Labute approximate surface area is 75.4 Å². The molecule has 0 aliphatic rings. The Bertz CT molecular complexity index is 250. The van der Waals surface area contributed by atoms with Crippen LogP contribution in [-0.2, 0) is 14.7 Å². The molecule has 0 bridgehead atoms. The van der Waals surface area contributed by atoms with E-state index in [1.807, 2.05) is 12.1 Å². The van der Waals surface area contributed by atoms with Crippen LogP contribution in [0.5, 0.6) is 0 Å². The third kappa shape index (κ3) is 3.39. The number of hydrogen-bond donors (Lipinski definition) is 0. The van der Waals surface area contributed by atoms with E-state index in [0.717, 1.165) is 17.6 Å². The summed E-state index contributed by atoms with van der Waals surface area (Å²) >= 11 is 1.14. The van der Waals surface area contributed by atoms with Crippen molar-refractivity contribution in [1.82, 2.24) is 4.98 Å². The van der Waals surface area contributed by atoms with E-state index >= 15 is 0 Å². The van der Waals surface area contributed by atoms with Crippen molar-refractivity contribution >= 4 is 18.0 Å². The van der Waals surface area contributed by atoms with Gasteiger partial charge in [0.05, 0.1) is 17.8 Å². The van der Waals surface area contributed by atoms with Gasteiger partial charge in [-0.25, -0.2) is 0 Å². The van der Waals surface area contributed by atoms with Gasteiger partial charge >= 0.3 is 5.97 Å². The summed E-state index contributed by atoms with van der Waals surface area (Å²) in [7, 11) is 0. The molecule has 0 spiro atoms. The molecule has 4 heteroatoms. The highest BCUT2D eigenvalue weighted by Crippen LogP contribution is 2.11. The lowest BCUT2D eigenvalue weighted by Crippen LogP contribution is -1.90. The van der Waals surface area contributed by atoms with Crippen LogP contribution in [0.1, 0.15) is 12.5 Å². The van der Waals surface area contributed by atoms with Gasteiger partial charge in [-0.2, -0.15) is 0 Å². The Morgan fingerprint density at radius 3 is 2.83 bits per heavy atom. The molecule has 0 amide bonds. The highest BCUT2D eigenvalue weighted by molar-refractivity contribution is 7.94. The average molecular weight is 183 g/mol. The zero-order valence-corrected chi connectivity index (χ0v) is 7.50. The summed E-state index contributed by atoms with van der Waals surface area (Å²) in [4.78, 5) is 14.3. The normalized spacial score (nSPS) is 9.42. The minimum atomic E-state index is -0.269. The van der Waals surface area contributed by atoms with Crippen molar-refractivity contribution in [3.8, 4) is 0 Å². The van der Waals surface area contributed by atoms with Crippen LogP contribution in [0.15, 0.2) is 24.5 Å². The van der Waals surface area contributed by atoms with Crippen LogP contribution >= 0.6 is 12.0 Å². The number of carbonyl (C=O) groups is 1. The number of nitrogens with zero attached hydrogens (tertiary/aromatic N) is 1. The largest absolute Gasteiger partial charge is 0.391 e. The van der Waals surface area contributed by atoms with Crippen molar-refractivity contribution < 1.29 is 8.98 Å². The van der Waals surface area contributed by atoms with E-state index < -0.39 is 0 Å². The second-order valence-corrected chi connectivity index (χ2v) is 2.88. The van der Waals surface area contributed by atoms with E-state index in [1.165, 1.54) is 6.92 Å². The molecule has 64 valence electrons. The summed E-state index contributed by atoms with van der Waals surface area (Å²) in [5.41, 5.74) is 1.09. The zero-order chi connectivity index (χ0) is 8.81. The molecular weight excluding hydrogens is 174 g/mol. The zero-order valence-electron chi connectivity index (χ0n) is 6.69. The molecule has 0 unspecified atom stereocenters. The molecule has 0 N–H and O–H groups in total. The lowest BCUT2D eigenvalue weighted by atomic mass is 10.3. The Balaban J connectivity index is 2.29. The lowest BCUT2D eigenvalue weighted by Gasteiger charge is -1.98. The molecular formula is C8H9NO2S. The fourth-order valence-electron chi connectivity index (χ4n) is 0.659. The fourth-order valence-corrected chi connectivity index (χ4v) is 1.21. The van der Waals surface area contributed by atoms with Gasteiger partial charge < -0.3 is 4.18 Å². The van der Waals surface area contributed by atoms with Crippen LogP contribution in [0.25, 0.3) is 0 Å². The topological polar surface area (TPSA) is 39.2 Å². The van der Waals surface area contributed by atoms with Crippen LogP contribution in [0.2, 0.25) is 0 Å². The predicted molar refractivity (Wildman–Crippen MR) is 47.3 cm³/mol. The highest BCUT2D eigenvalue weighted by Gasteiger charge is 1.95. The van der Waals surface area contributed by atoms with Crippen LogP contribution in [0, 0.1) is 0 Å². The maximum atomic E-state index is 10.4. The molecule has 1 rings (SSSR count). The van der Waals surface area contributed by atoms with Gasteiger partial charge in [0.25, 0.3) is 0 Å². The van der Waals surface area contributed by atoms with Crippen LogP contribution in [0.4, 0.5) is 0 Å². The SMILES string of the molecule is CC(=O)OSCc1ccncc1. The maximum Gasteiger partial charge on any atom is 0.314 e. The van der Waals surface area contributed by atoms with Gasteiger partial charge in [0.15, 0.2) is 0 Å². The quantitative estimate of drug-likeness (QED) is 0.670. The van der Waals surface area contributed by atoms with Gasteiger partial charge in [-0.1, -0.05) is 0 Å². The Morgan fingerprint density at radius 1 is 1.58 bits per heavy atom. The number of aromatic nitrogens is 1. The summed E-state index contributed by atoms with van der Waals surface area (Å²) in [6, 6.07) is 3.77. The monoisotopic (exact) mass is 183 g/mol. The summed E-state index contributed by atoms with van der Waals surface area (Å²) < 4.78 is 4.70. The first kappa shape index (κ1) is 9.06. The summed E-state index contributed by atoms with van der Waals surface area (Å²) in [5, 5.41) is 0. The van der Waals surface area contributed by atoms with Crippen molar-refractivity contribution in [2.24, 2.45) is 0 Å². The Kier molecular flexibility index (Phi) is 3.60. The molecule has 12 heavy (non-hydrogen) atoms. The fraction of sp³-hybridized carbons (Fsp3) is 0.250. The molecule has 0 atom stereocenters. The standard InChI is InChI=1S/C8H9NO2S/c1-7(10)11-12-6-8-2-4-9-5-3-8/h2-5H,6H2,1H3. The third-order valence-electron chi connectivity index (χ3n) is 1.15. The summed E-state index contributed by atoms with van der Waals surface area (Å²) in [5.74, 6) is 0.399. The second kappa shape index (κ2) is 4.77. The first-order valence-corrected chi connectivity index (χ1v) is 4.39. The predicted octanol–water partition coefficient (Wildman–Crippen LogP) is 1.79.